The van der Waals surface area contributed by atoms with Gasteiger partial charge in [0.2, 0.25) is 5.91 Å². The Bertz CT molecular complexity index is 392. The molecule has 1 rings (SSSR count). The zero-order chi connectivity index (χ0) is 14.3. The van der Waals surface area contributed by atoms with Crippen LogP contribution in [0.3, 0.4) is 0 Å². The highest BCUT2D eigenvalue weighted by atomic mass is 35.5. The van der Waals surface area contributed by atoms with Crippen molar-refractivity contribution in [1.29, 1.82) is 0 Å². The van der Waals surface area contributed by atoms with Gasteiger partial charge >= 0.3 is 0 Å². The van der Waals surface area contributed by atoms with Gasteiger partial charge in [0, 0.05) is 6.42 Å². The normalized spacial score (nSPS) is 12.5. The van der Waals surface area contributed by atoms with Crippen molar-refractivity contribution in [3.05, 3.63) is 23.5 Å². The van der Waals surface area contributed by atoms with Crippen LogP contribution in [0.2, 0.25) is 5.15 Å². The highest BCUT2D eigenvalue weighted by molar-refractivity contribution is 6.29. The summed E-state index contributed by atoms with van der Waals surface area (Å²) in [5, 5.41) is 3.23. The fourth-order valence-corrected chi connectivity index (χ4v) is 2.13. The van der Waals surface area contributed by atoms with Crippen LogP contribution in [0.4, 0.5) is 5.69 Å². The number of hydrogen-bond acceptors (Lipinski definition) is 3. The van der Waals surface area contributed by atoms with E-state index in [1.54, 1.807) is 18.3 Å². The zero-order valence-electron chi connectivity index (χ0n) is 11.5. The van der Waals surface area contributed by atoms with E-state index in [-0.39, 0.29) is 5.91 Å². The van der Waals surface area contributed by atoms with Gasteiger partial charge in [-0.05, 0) is 43.4 Å². The van der Waals surface area contributed by atoms with Crippen molar-refractivity contribution in [2.75, 3.05) is 11.9 Å². The van der Waals surface area contributed by atoms with Crippen molar-refractivity contribution in [1.82, 2.24) is 4.98 Å². The number of nitrogens with zero attached hydrogens (tertiary/aromatic N) is 1. The molecule has 0 aliphatic rings. The van der Waals surface area contributed by atoms with E-state index in [0.29, 0.717) is 35.6 Å². The molecule has 0 saturated carbocycles. The molecule has 0 radical (unpaired) electrons. The average Bonchev–Trinajstić information content (AvgIpc) is 2.37. The highest BCUT2D eigenvalue weighted by Crippen LogP contribution is 2.20. The Balaban J connectivity index is 2.40. The van der Waals surface area contributed by atoms with Gasteiger partial charge in [0.1, 0.15) is 5.15 Å². The second-order valence-corrected chi connectivity index (χ2v) is 5.43. The zero-order valence-corrected chi connectivity index (χ0v) is 12.3. The molecular weight excluding hydrogens is 262 g/mol. The number of pyridine rings is 1. The summed E-state index contributed by atoms with van der Waals surface area (Å²) in [6.07, 6.45) is 3.89. The van der Waals surface area contributed by atoms with Gasteiger partial charge < -0.3 is 11.1 Å². The molecule has 0 aromatic carbocycles. The minimum atomic E-state index is 0.00629. The Morgan fingerprint density at radius 1 is 1.42 bits per heavy atom. The summed E-state index contributed by atoms with van der Waals surface area (Å²) in [6, 6.07) is 3.40. The highest BCUT2D eigenvalue weighted by Gasteiger charge is 2.14. The summed E-state index contributed by atoms with van der Waals surface area (Å²) < 4.78 is 0. The first-order valence-electron chi connectivity index (χ1n) is 6.64. The van der Waals surface area contributed by atoms with Crippen LogP contribution in [-0.2, 0) is 4.79 Å². The number of rotatable bonds is 7. The van der Waals surface area contributed by atoms with Crippen molar-refractivity contribution in [3.63, 3.8) is 0 Å². The Kier molecular flexibility index (Phi) is 6.81. The molecular formula is C14H22ClN3O. The fraction of sp³-hybridized carbons (Fsp3) is 0.571. The van der Waals surface area contributed by atoms with E-state index in [4.69, 9.17) is 17.3 Å². The molecule has 4 nitrogen and oxygen atoms in total. The molecule has 0 bridgehead atoms. The van der Waals surface area contributed by atoms with Gasteiger partial charge in [-0.3, -0.25) is 4.79 Å². The van der Waals surface area contributed by atoms with E-state index in [0.717, 1.165) is 12.8 Å². The third-order valence-electron chi connectivity index (χ3n) is 3.23. The summed E-state index contributed by atoms with van der Waals surface area (Å²) >= 11 is 5.68. The molecule has 3 N–H and O–H groups in total. The maximum atomic E-state index is 11.8. The smallest absolute Gasteiger partial charge is 0.224 e. The van der Waals surface area contributed by atoms with Crippen molar-refractivity contribution in [2.45, 2.75) is 33.1 Å². The van der Waals surface area contributed by atoms with E-state index < -0.39 is 0 Å². The van der Waals surface area contributed by atoms with Crippen molar-refractivity contribution < 1.29 is 4.79 Å². The van der Waals surface area contributed by atoms with E-state index in [1.165, 1.54) is 0 Å². The molecule has 0 aliphatic heterocycles. The monoisotopic (exact) mass is 283 g/mol. The van der Waals surface area contributed by atoms with Crippen LogP contribution in [0, 0.1) is 11.8 Å². The Morgan fingerprint density at radius 2 is 2.16 bits per heavy atom. The van der Waals surface area contributed by atoms with E-state index in [2.05, 4.69) is 24.1 Å². The lowest BCUT2D eigenvalue weighted by atomic mass is 9.88. The van der Waals surface area contributed by atoms with Crippen LogP contribution >= 0.6 is 11.6 Å². The molecule has 0 saturated heterocycles. The van der Waals surface area contributed by atoms with E-state index in [1.807, 2.05) is 0 Å². The number of hydrogen-bond donors (Lipinski definition) is 2. The van der Waals surface area contributed by atoms with Crippen LogP contribution in [0.1, 0.15) is 33.1 Å². The third-order valence-corrected chi connectivity index (χ3v) is 3.46. The van der Waals surface area contributed by atoms with Crippen LogP contribution < -0.4 is 11.1 Å². The number of nitrogens with one attached hydrogen (secondary N) is 1. The second-order valence-electron chi connectivity index (χ2n) is 5.04. The minimum absolute atomic E-state index is 0.00629. The number of anilines is 1. The number of carbonyl (C=O) groups excluding carboxylic acids is 1. The first-order chi connectivity index (χ1) is 9.02. The summed E-state index contributed by atoms with van der Waals surface area (Å²) in [7, 11) is 0. The standard InChI is InChI=1S/C14H22ClN3O/c1-10(2)11(7-8-16)3-6-14(19)18-12-4-5-13(15)17-9-12/h4-5,9-11H,3,6-8,16H2,1-2H3,(H,18,19). The molecule has 106 valence electrons. The van der Waals surface area contributed by atoms with Gasteiger partial charge in [-0.2, -0.15) is 0 Å². The number of carbonyl (C=O) groups is 1. The summed E-state index contributed by atoms with van der Waals surface area (Å²) in [5.74, 6) is 1.06. The van der Waals surface area contributed by atoms with Gasteiger partial charge in [0.25, 0.3) is 0 Å². The summed E-state index contributed by atoms with van der Waals surface area (Å²) in [5.41, 5.74) is 6.27. The molecule has 1 atom stereocenters. The van der Waals surface area contributed by atoms with Crippen LogP contribution in [0.5, 0.6) is 0 Å². The van der Waals surface area contributed by atoms with Gasteiger partial charge in [0.15, 0.2) is 0 Å². The molecule has 1 heterocycles. The lowest BCUT2D eigenvalue weighted by molar-refractivity contribution is -0.116. The molecule has 0 spiro atoms. The molecule has 1 unspecified atom stereocenters. The average molecular weight is 284 g/mol. The van der Waals surface area contributed by atoms with Gasteiger partial charge in [-0.15, -0.1) is 0 Å². The fourth-order valence-electron chi connectivity index (χ4n) is 2.01. The first-order valence-corrected chi connectivity index (χ1v) is 7.02. The molecule has 1 aromatic rings. The lowest BCUT2D eigenvalue weighted by Crippen LogP contribution is -2.18. The second kappa shape index (κ2) is 8.12. The number of amides is 1. The maximum Gasteiger partial charge on any atom is 0.224 e. The molecule has 1 amide bonds. The molecule has 0 aliphatic carbocycles. The topological polar surface area (TPSA) is 68.0 Å². The number of halogens is 1. The Hall–Kier alpha value is -1.13. The van der Waals surface area contributed by atoms with Crippen molar-refractivity contribution in [2.24, 2.45) is 17.6 Å². The molecule has 0 fully saturated rings. The predicted octanol–water partition coefficient (Wildman–Crippen LogP) is 3.07. The first kappa shape index (κ1) is 15.9. The largest absolute Gasteiger partial charge is 0.330 e. The maximum absolute atomic E-state index is 11.8. The van der Waals surface area contributed by atoms with Crippen molar-refractivity contribution in [3.8, 4) is 0 Å². The third kappa shape index (κ3) is 6.03. The van der Waals surface area contributed by atoms with Crippen LogP contribution in [0.15, 0.2) is 18.3 Å². The summed E-state index contributed by atoms with van der Waals surface area (Å²) in [6.45, 7) is 5.01. The van der Waals surface area contributed by atoms with Crippen LogP contribution in [-0.4, -0.2) is 17.4 Å². The number of aromatic nitrogens is 1. The van der Waals surface area contributed by atoms with Crippen molar-refractivity contribution >= 4 is 23.2 Å². The van der Waals surface area contributed by atoms with E-state index >= 15 is 0 Å². The SMILES string of the molecule is CC(C)C(CCN)CCC(=O)Nc1ccc(Cl)nc1. The van der Waals surface area contributed by atoms with Gasteiger partial charge in [-0.1, -0.05) is 25.4 Å². The lowest BCUT2D eigenvalue weighted by Gasteiger charge is -2.19. The minimum Gasteiger partial charge on any atom is -0.330 e. The quantitative estimate of drug-likeness (QED) is 0.756. The summed E-state index contributed by atoms with van der Waals surface area (Å²) in [4.78, 5) is 15.7. The molecule has 1 aromatic heterocycles. The van der Waals surface area contributed by atoms with Crippen LogP contribution in [0.25, 0.3) is 0 Å². The molecule has 19 heavy (non-hydrogen) atoms. The molecule has 5 heteroatoms. The van der Waals surface area contributed by atoms with E-state index in [9.17, 15) is 4.79 Å². The Morgan fingerprint density at radius 3 is 2.68 bits per heavy atom. The van der Waals surface area contributed by atoms with Gasteiger partial charge in [0.05, 0.1) is 11.9 Å². The predicted molar refractivity (Wildman–Crippen MR) is 79.1 cm³/mol. The number of nitrogens with two attached hydrogens (primary N) is 1. The Labute approximate surface area is 119 Å². The van der Waals surface area contributed by atoms with Gasteiger partial charge in [-0.25, -0.2) is 4.98 Å².